The van der Waals surface area contributed by atoms with Crippen molar-refractivity contribution in [2.45, 2.75) is 15.9 Å². The van der Waals surface area contributed by atoms with Gasteiger partial charge >= 0.3 is 0 Å². The first-order valence-corrected chi connectivity index (χ1v) is 10.9. The third-order valence-corrected chi connectivity index (χ3v) is 7.29. The van der Waals surface area contributed by atoms with Gasteiger partial charge in [-0.05, 0) is 48.5 Å². The first-order valence-electron chi connectivity index (χ1n) is 7.59. The van der Waals surface area contributed by atoms with Gasteiger partial charge in [-0.1, -0.05) is 0 Å². The van der Waals surface area contributed by atoms with Gasteiger partial charge in [0.25, 0.3) is 0 Å². The Bertz CT molecular complexity index is 852. The molecule has 2 rings (SSSR count). The molecule has 0 saturated heterocycles. The van der Waals surface area contributed by atoms with Crippen molar-refractivity contribution in [1.29, 1.82) is 0 Å². The van der Waals surface area contributed by atoms with Crippen molar-refractivity contribution in [2.75, 3.05) is 25.7 Å². The molecule has 0 saturated carbocycles. The Balaban J connectivity index is 2.11. The van der Waals surface area contributed by atoms with Gasteiger partial charge in [0.05, 0.1) is 41.6 Å². The molecular weight excluding hydrogens is 380 g/mol. The highest BCUT2D eigenvalue weighted by molar-refractivity contribution is 7.92. The maximum absolute atomic E-state index is 12.3. The first-order chi connectivity index (χ1) is 12.2. The Morgan fingerprint density at radius 2 is 1.04 bits per heavy atom. The van der Waals surface area contributed by atoms with Crippen molar-refractivity contribution >= 4 is 19.7 Å². The fourth-order valence-electron chi connectivity index (χ4n) is 2.31. The van der Waals surface area contributed by atoms with Crippen LogP contribution in [0.25, 0.3) is 0 Å². The molecule has 0 unspecified atom stereocenters. The van der Waals surface area contributed by atoms with Crippen LogP contribution < -0.4 is 9.47 Å². The summed E-state index contributed by atoms with van der Waals surface area (Å²) in [5.41, 5.74) is 0. The summed E-state index contributed by atoms with van der Waals surface area (Å²) in [7, 11) is -4.77. The molecular formula is C17H20O7S2. The van der Waals surface area contributed by atoms with Crippen LogP contribution >= 0.6 is 0 Å². The minimum absolute atomic E-state index is 0.0146. The van der Waals surface area contributed by atoms with E-state index in [0.717, 1.165) is 0 Å². The fourth-order valence-corrected chi connectivity index (χ4v) is 5.20. The van der Waals surface area contributed by atoms with Crippen LogP contribution in [0.5, 0.6) is 11.5 Å². The summed E-state index contributed by atoms with van der Waals surface area (Å²) in [4.78, 5) is -0.0293. The van der Waals surface area contributed by atoms with Crippen molar-refractivity contribution in [3.63, 3.8) is 0 Å². The molecule has 26 heavy (non-hydrogen) atoms. The maximum atomic E-state index is 12.3. The lowest BCUT2D eigenvalue weighted by Gasteiger charge is -2.12. The lowest BCUT2D eigenvalue weighted by atomic mass is 10.3. The van der Waals surface area contributed by atoms with Crippen LogP contribution in [0.3, 0.4) is 0 Å². The second kappa shape index (κ2) is 8.07. The molecule has 7 nitrogen and oxygen atoms in total. The zero-order valence-corrected chi connectivity index (χ0v) is 16.0. The predicted molar refractivity (Wildman–Crippen MR) is 96.1 cm³/mol. The van der Waals surface area contributed by atoms with Crippen molar-refractivity contribution in [3.8, 4) is 11.5 Å². The zero-order valence-electron chi connectivity index (χ0n) is 14.3. The molecule has 0 radical (unpaired) electrons. The molecule has 9 heteroatoms. The molecule has 2 aromatic carbocycles. The van der Waals surface area contributed by atoms with Crippen molar-refractivity contribution in [3.05, 3.63) is 48.5 Å². The summed E-state index contributed by atoms with van der Waals surface area (Å²) < 4.78 is 59.3. The summed E-state index contributed by atoms with van der Waals surface area (Å²) in [5, 5.41) is 10.0. The molecule has 142 valence electrons. The Labute approximate surface area is 153 Å². The minimum Gasteiger partial charge on any atom is -0.497 e. The maximum Gasteiger partial charge on any atom is 0.180 e. The Morgan fingerprint density at radius 3 is 1.31 bits per heavy atom. The monoisotopic (exact) mass is 400 g/mol. The van der Waals surface area contributed by atoms with E-state index < -0.39 is 37.3 Å². The van der Waals surface area contributed by atoms with Crippen LogP contribution in [0.4, 0.5) is 0 Å². The summed E-state index contributed by atoms with van der Waals surface area (Å²) in [6.07, 6.45) is -1.56. The third kappa shape index (κ3) is 4.96. The highest BCUT2D eigenvalue weighted by Crippen LogP contribution is 2.20. The molecule has 2 aromatic rings. The molecule has 0 aliphatic heterocycles. The summed E-state index contributed by atoms with van der Waals surface area (Å²) in [6.45, 7) is 0. The quantitative estimate of drug-likeness (QED) is 0.712. The van der Waals surface area contributed by atoms with Gasteiger partial charge in [-0.2, -0.15) is 0 Å². The number of benzene rings is 2. The van der Waals surface area contributed by atoms with Crippen molar-refractivity contribution in [2.24, 2.45) is 0 Å². The molecule has 0 amide bonds. The van der Waals surface area contributed by atoms with E-state index in [1.165, 1.54) is 62.8 Å². The average Bonchev–Trinajstić information content (AvgIpc) is 2.60. The van der Waals surface area contributed by atoms with E-state index in [0.29, 0.717) is 11.5 Å². The van der Waals surface area contributed by atoms with Gasteiger partial charge in [-0.3, -0.25) is 0 Å². The predicted octanol–water partition coefficient (Wildman–Crippen LogP) is 1.31. The van der Waals surface area contributed by atoms with E-state index in [1.807, 2.05) is 0 Å². The second-order valence-electron chi connectivity index (χ2n) is 5.57. The number of rotatable bonds is 8. The lowest BCUT2D eigenvalue weighted by Crippen LogP contribution is -2.28. The summed E-state index contributed by atoms with van der Waals surface area (Å²) in [5.74, 6) is -0.415. The highest BCUT2D eigenvalue weighted by Gasteiger charge is 2.25. The first kappa shape index (κ1) is 20.2. The molecule has 0 aliphatic carbocycles. The van der Waals surface area contributed by atoms with Crippen LogP contribution in [0.1, 0.15) is 0 Å². The van der Waals surface area contributed by atoms with Gasteiger partial charge in [0.15, 0.2) is 19.7 Å². The smallest absolute Gasteiger partial charge is 0.180 e. The van der Waals surface area contributed by atoms with Crippen LogP contribution in [0.2, 0.25) is 0 Å². The van der Waals surface area contributed by atoms with E-state index in [2.05, 4.69) is 0 Å². The van der Waals surface area contributed by atoms with Crippen LogP contribution in [0, 0.1) is 0 Å². The molecule has 0 aromatic heterocycles. The van der Waals surface area contributed by atoms with Crippen molar-refractivity contribution < 1.29 is 31.4 Å². The lowest BCUT2D eigenvalue weighted by molar-refractivity contribution is 0.220. The van der Waals surface area contributed by atoms with E-state index in [4.69, 9.17) is 9.47 Å². The number of aliphatic hydroxyl groups is 1. The standard InChI is InChI=1S/C17H20O7S2/c1-23-14-3-7-16(8-4-14)25(19,20)11-13(18)12-26(21,22)17-9-5-15(24-2)6-10-17/h3-10,13,18H,11-12H2,1-2H3. The topological polar surface area (TPSA) is 107 Å². The number of sulfone groups is 2. The molecule has 0 fully saturated rings. The zero-order chi connectivity index (χ0) is 19.4. The van der Waals surface area contributed by atoms with E-state index in [9.17, 15) is 21.9 Å². The third-order valence-electron chi connectivity index (χ3n) is 3.66. The van der Waals surface area contributed by atoms with E-state index >= 15 is 0 Å². The molecule has 0 atom stereocenters. The van der Waals surface area contributed by atoms with Gasteiger partial charge in [-0.25, -0.2) is 16.8 Å². The second-order valence-corrected chi connectivity index (χ2v) is 9.64. The molecule has 1 N–H and O–H groups in total. The Morgan fingerprint density at radius 1 is 0.731 bits per heavy atom. The van der Waals surface area contributed by atoms with Gasteiger partial charge in [-0.15, -0.1) is 0 Å². The summed E-state index contributed by atoms with van der Waals surface area (Å²) >= 11 is 0. The van der Waals surface area contributed by atoms with Gasteiger partial charge in [0.1, 0.15) is 11.5 Å². The number of hydrogen-bond donors (Lipinski definition) is 1. The van der Waals surface area contributed by atoms with Crippen LogP contribution in [0.15, 0.2) is 58.3 Å². The molecule has 0 aliphatic rings. The molecule has 0 spiro atoms. The van der Waals surface area contributed by atoms with Gasteiger partial charge in [0.2, 0.25) is 0 Å². The Hall–Kier alpha value is -2.10. The number of ether oxygens (including phenoxy) is 2. The van der Waals surface area contributed by atoms with Gasteiger partial charge < -0.3 is 14.6 Å². The SMILES string of the molecule is COc1ccc(S(=O)(=O)CC(O)CS(=O)(=O)c2ccc(OC)cc2)cc1. The van der Waals surface area contributed by atoms with E-state index in [1.54, 1.807) is 0 Å². The Kier molecular flexibility index (Phi) is 6.27. The highest BCUT2D eigenvalue weighted by atomic mass is 32.2. The van der Waals surface area contributed by atoms with Crippen molar-refractivity contribution in [1.82, 2.24) is 0 Å². The van der Waals surface area contributed by atoms with Crippen LogP contribution in [-0.2, 0) is 19.7 Å². The number of aliphatic hydroxyl groups excluding tert-OH is 1. The normalized spacial score (nSPS) is 12.2. The van der Waals surface area contributed by atoms with Gasteiger partial charge in [0, 0.05) is 0 Å². The largest absolute Gasteiger partial charge is 0.497 e. The average molecular weight is 400 g/mol. The fraction of sp³-hybridized carbons (Fsp3) is 0.294. The van der Waals surface area contributed by atoms with Crippen LogP contribution in [-0.4, -0.2) is 53.8 Å². The number of hydrogen-bond acceptors (Lipinski definition) is 7. The molecule has 0 bridgehead atoms. The molecule has 0 heterocycles. The van der Waals surface area contributed by atoms with E-state index in [-0.39, 0.29) is 9.79 Å². The number of methoxy groups -OCH3 is 2. The summed E-state index contributed by atoms with van der Waals surface area (Å²) in [6, 6.07) is 11.3. The minimum atomic E-state index is -3.84.